The highest BCUT2D eigenvalue weighted by molar-refractivity contribution is 5.78. The Morgan fingerprint density at radius 3 is 2.72 bits per heavy atom. The van der Waals surface area contributed by atoms with Crippen molar-refractivity contribution in [3.05, 3.63) is 53.9 Å². The second kappa shape index (κ2) is 6.63. The highest BCUT2D eigenvalue weighted by atomic mass is 16.3. The number of oxazole rings is 1. The first kappa shape index (κ1) is 17.1. The first-order valence-corrected chi connectivity index (χ1v) is 8.30. The van der Waals surface area contributed by atoms with Crippen molar-refractivity contribution < 1.29 is 13.6 Å². The number of aromatic nitrogens is 1. The van der Waals surface area contributed by atoms with Crippen molar-refractivity contribution in [2.24, 2.45) is 0 Å². The zero-order chi connectivity index (χ0) is 18.0. The lowest BCUT2D eigenvalue weighted by atomic mass is 9.93. The number of rotatable bonds is 4. The Hall–Kier alpha value is -2.76. The molecule has 6 nitrogen and oxygen atoms in total. The molecule has 6 heteroatoms. The van der Waals surface area contributed by atoms with Crippen molar-refractivity contribution in [3.8, 4) is 0 Å². The van der Waals surface area contributed by atoms with Gasteiger partial charge in [0.2, 0.25) is 5.89 Å². The van der Waals surface area contributed by atoms with Gasteiger partial charge in [-0.05, 0) is 19.1 Å². The number of para-hydroxylation sites is 1. The summed E-state index contributed by atoms with van der Waals surface area (Å²) >= 11 is 0. The summed E-state index contributed by atoms with van der Waals surface area (Å²) in [4.78, 5) is 16.5. The first-order valence-electron chi connectivity index (χ1n) is 8.30. The van der Waals surface area contributed by atoms with Gasteiger partial charge in [-0.15, -0.1) is 0 Å². The summed E-state index contributed by atoms with van der Waals surface area (Å²) in [6, 6.07) is 9.14. The van der Waals surface area contributed by atoms with E-state index in [1.54, 1.807) is 6.26 Å². The Morgan fingerprint density at radius 2 is 2.04 bits per heavy atom. The van der Waals surface area contributed by atoms with Crippen LogP contribution in [-0.4, -0.2) is 11.0 Å². The van der Waals surface area contributed by atoms with Gasteiger partial charge in [0.25, 0.3) is 0 Å². The summed E-state index contributed by atoms with van der Waals surface area (Å²) in [7, 11) is 0. The molecule has 1 aromatic carbocycles. The van der Waals surface area contributed by atoms with E-state index in [-0.39, 0.29) is 24.0 Å². The van der Waals surface area contributed by atoms with Crippen LogP contribution in [0.4, 0.5) is 4.79 Å². The molecular formula is C19H23N3O3. The van der Waals surface area contributed by atoms with Gasteiger partial charge in [-0.3, -0.25) is 0 Å². The highest BCUT2D eigenvalue weighted by Gasteiger charge is 2.19. The molecule has 0 unspecified atom stereocenters. The summed E-state index contributed by atoms with van der Waals surface area (Å²) < 4.78 is 11.2. The molecule has 0 radical (unpaired) electrons. The molecule has 2 amide bonds. The number of hydrogen-bond donors (Lipinski definition) is 2. The standard InChI is InChI=1S/C19H23N3O3/c1-12(15-9-13-7-5-6-8-14(13)25-15)21-18(23)20-10-17-22-16(11-24-17)19(2,3)4/h5-9,11-12H,10H2,1-4H3,(H2,20,21,23)/t12-/m1/s1. The lowest BCUT2D eigenvalue weighted by molar-refractivity contribution is 0.234. The molecule has 0 bridgehead atoms. The first-order chi connectivity index (χ1) is 11.8. The Kier molecular flexibility index (Phi) is 4.53. The Balaban J connectivity index is 1.56. The van der Waals surface area contributed by atoms with Gasteiger partial charge in [-0.25, -0.2) is 9.78 Å². The van der Waals surface area contributed by atoms with E-state index in [1.807, 2.05) is 37.3 Å². The van der Waals surface area contributed by atoms with Crippen LogP contribution in [0.3, 0.4) is 0 Å². The average Bonchev–Trinajstić information content (AvgIpc) is 3.19. The van der Waals surface area contributed by atoms with E-state index in [1.165, 1.54) is 0 Å². The largest absolute Gasteiger partial charge is 0.459 e. The van der Waals surface area contributed by atoms with Crippen LogP contribution in [0.1, 0.15) is 51.1 Å². The van der Waals surface area contributed by atoms with Gasteiger partial charge in [0, 0.05) is 10.8 Å². The monoisotopic (exact) mass is 341 g/mol. The third-order valence-corrected chi connectivity index (χ3v) is 3.94. The molecule has 2 N–H and O–H groups in total. The molecule has 0 aliphatic heterocycles. The Morgan fingerprint density at radius 1 is 1.28 bits per heavy atom. The van der Waals surface area contributed by atoms with Crippen LogP contribution in [-0.2, 0) is 12.0 Å². The van der Waals surface area contributed by atoms with Gasteiger partial charge in [0.15, 0.2) is 0 Å². The number of amides is 2. The van der Waals surface area contributed by atoms with Crippen LogP contribution >= 0.6 is 0 Å². The summed E-state index contributed by atoms with van der Waals surface area (Å²) in [6.45, 7) is 8.28. The molecule has 3 rings (SSSR count). The molecule has 2 heterocycles. The normalized spacial score (nSPS) is 13.0. The molecular weight excluding hydrogens is 318 g/mol. The molecule has 0 saturated carbocycles. The quantitative estimate of drug-likeness (QED) is 0.742. The number of urea groups is 1. The lowest BCUT2D eigenvalue weighted by Crippen LogP contribution is -2.36. The number of fused-ring (bicyclic) bond motifs is 1. The number of hydrogen-bond acceptors (Lipinski definition) is 4. The second-order valence-corrected chi connectivity index (χ2v) is 7.11. The topological polar surface area (TPSA) is 80.3 Å². The molecule has 0 fully saturated rings. The summed E-state index contributed by atoms with van der Waals surface area (Å²) in [6.07, 6.45) is 1.63. The zero-order valence-corrected chi connectivity index (χ0v) is 14.9. The van der Waals surface area contributed by atoms with Crippen LogP contribution in [0.2, 0.25) is 0 Å². The van der Waals surface area contributed by atoms with E-state index in [2.05, 4.69) is 36.4 Å². The molecule has 132 valence electrons. The van der Waals surface area contributed by atoms with Gasteiger partial charge in [0.1, 0.15) is 17.6 Å². The minimum atomic E-state index is -0.302. The maximum atomic E-state index is 12.1. The fourth-order valence-electron chi connectivity index (χ4n) is 2.43. The minimum absolute atomic E-state index is 0.0835. The van der Waals surface area contributed by atoms with Gasteiger partial charge in [-0.2, -0.15) is 0 Å². The Labute approximate surface area is 146 Å². The molecule has 3 aromatic rings. The van der Waals surface area contributed by atoms with Gasteiger partial charge >= 0.3 is 6.03 Å². The fourth-order valence-corrected chi connectivity index (χ4v) is 2.43. The molecule has 0 saturated heterocycles. The average molecular weight is 341 g/mol. The fraction of sp³-hybridized carbons (Fsp3) is 0.368. The number of carbonyl (C=O) groups excluding carboxylic acids is 1. The van der Waals surface area contributed by atoms with Crippen LogP contribution < -0.4 is 10.6 Å². The predicted molar refractivity (Wildman–Crippen MR) is 95.2 cm³/mol. The van der Waals surface area contributed by atoms with Crippen molar-refractivity contribution in [2.45, 2.75) is 45.7 Å². The van der Waals surface area contributed by atoms with Crippen LogP contribution in [0.5, 0.6) is 0 Å². The smallest absolute Gasteiger partial charge is 0.315 e. The van der Waals surface area contributed by atoms with Crippen molar-refractivity contribution in [2.75, 3.05) is 0 Å². The van der Waals surface area contributed by atoms with E-state index in [0.717, 1.165) is 16.7 Å². The maximum Gasteiger partial charge on any atom is 0.315 e. The number of carbonyl (C=O) groups is 1. The van der Waals surface area contributed by atoms with Crippen molar-refractivity contribution in [1.82, 2.24) is 15.6 Å². The van der Waals surface area contributed by atoms with E-state index < -0.39 is 0 Å². The van der Waals surface area contributed by atoms with Gasteiger partial charge < -0.3 is 19.5 Å². The van der Waals surface area contributed by atoms with E-state index in [4.69, 9.17) is 8.83 Å². The number of nitrogens with one attached hydrogen (secondary N) is 2. The molecule has 0 aliphatic carbocycles. The zero-order valence-electron chi connectivity index (χ0n) is 14.9. The van der Waals surface area contributed by atoms with Crippen LogP contribution in [0.25, 0.3) is 11.0 Å². The van der Waals surface area contributed by atoms with E-state index in [0.29, 0.717) is 11.7 Å². The second-order valence-electron chi connectivity index (χ2n) is 7.11. The van der Waals surface area contributed by atoms with Crippen LogP contribution in [0, 0.1) is 0 Å². The van der Waals surface area contributed by atoms with Crippen molar-refractivity contribution in [3.63, 3.8) is 0 Å². The summed E-state index contributed by atoms with van der Waals surface area (Å²) in [5, 5.41) is 6.62. The molecule has 0 aliphatic rings. The van der Waals surface area contributed by atoms with Gasteiger partial charge in [-0.1, -0.05) is 39.0 Å². The van der Waals surface area contributed by atoms with Gasteiger partial charge in [0.05, 0.1) is 18.3 Å². The number of furan rings is 1. The SMILES string of the molecule is C[C@@H](NC(=O)NCc1nc(C(C)(C)C)co1)c1cc2ccccc2o1. The molecule has 25 heavy (non-hydrogen) atoms. The van der Waals surface area contributed by atoms with Crippen molar-refractivity contribution in [1.29, 1.82) is 0 Å². The summed E-state index contributed by atoms with van der Waals surface area (Å²) in [5.41, 5.74) is 1.58. The highest BCUT2D eigenvalue weighted by Crippen LogP contribution is 2.23. The molecule has 1 atom stereocenters. The van der Waals surface area contributed by atoms with E-state index in [9.17, 15) is 4.79 Å². The Bertz CT molecular complexity index is 840. The lowest BCUT2D eigenvalue weighted by Gasteiger charge is -2.13. The number of benzene rings is 1. The molecule has 0 spiro atoms. The molecule has 2 aromatic heterocycles. The third-order valence-electron chi connectivity index (χ3n) is 3.94. The summed E-state index contributed by atoms with van der Waals surface area (Å²) in [5.74, 6) is 1.19. The predicted octanol–water partition coefficient (Wildman–Crippen LogP) is 4.28. The van der Waals surface area contributed by atoms with E-state index >= 15 is 0 Å². The maximum absolute atomic E-state index is 12.1. The minimum Gasteiger partial charge on any atom is -0.459 e. The third kappa shape index (κ3) is 4.02. The van der Waals surface area contributed by atoms with Crippen molar-refractivity contribution >= 4 is 17.0 Å². The van der Waals surface area contributed by atoms with Crippen LogP contribution in [0.15, 0.2) is 45.4 Å². The number of nitrogens with zero attached hydrogens (tertiary/aromatic N) is 1.